The van der Waals surface area contributed by atoms with Crippen LogP contribution in [0.4, 0.5) is 0 Å². The first-order valence-electron chi connectivity index (χ1n) is 6.39. The van der Waals surface area contributed by atoms with Gasteiger partial charge in [-0.3, -0.25) is 9.48 Å². The fourth-order valence-corrected chi connectivity index (χ4v) is 2.39. The van der Waals surface area contributed by atoms with Gasteiger partial charge in [0.05, 0.1) is 17.7 Å². The molecule has 0 spiro atoms. The van der Waals surface area contributed by atoms with E-state index in [2.05, 4.69) is 11.2 Å². The van der Waals surface area contributed by atoms with Gasteiger partial charge < -0.3 is 4.90 Å². The van der Waals surface area contributed by atoms with Gasteiger partial charge >= 0.3 is 0 Å². The molecule has 1 fully saturated rings. The lowest BCUT2D eigenvalue weighted by molar-refractivity contribution is 0.0686. The van der Waals surface area contributed by atoms with Crippen LogP contribution in [0, 0.1) is 24.2 Å². The minimum Gasteiger partial charge on any atom is -0.336 e. The molecule has 1 atom stereocenters. The van der Waals surface area contributed by atoms with Crippen LogP contribution in [0.2, 0.25) is 0 Å². The van der Waals surface area contributed by atoms with Crippen molar-refractivity contribution in [2.45, 2.75) is 33.2 Å². The van der Waals surface area contributed by atoms with Crippen molar-refractivity contribution in [1.29, 1.82) is 5.26 Å². The van der Waals surface area contributed by atoms with Crippen molar-refractivity contribution in [2.24, 2.45) is 5.92 Å². The van der Waals surface area contributed by atoms with E-state index in [4.69, 9.17) is 5.26 Å². The molecular weight excluding hydrogens is 228 g/mol. The lowest BCUT2D eigenvalue weighted by Gasteiger charge is -2.29. The SMILES string of the molecule is CCn1nc(C)cc1C(=O)N1CCCC(C#N)C1. The van der Waals surface area contributed by atoms with Gasteiger partial charge in [-0.2, -0.15) is 10.4 Å². The topological polar surface area (TPSA) is 61.9 Å². The maximum atomic E-state index is 12.4. The van der Waals surface area contributed by atoms with E-state index in [1.54, 1.807) is 9.58 Å². The van der Waals surface area contributed by atoms with Gasteiger partial charge in [-0.15, -0.1) is 0 Å². The van der Waals surface area contributed by atoms with Gasteiger partial charge in [0.1, 0.15) is 5.69 Å². The molecule has 0 saturated carbocycles. The average molecular weight is 246 g/mol. The Hall–Kier alpha value is -1.83. The molecule has 2 rings (SSSR count). The highest BCUT2D eigenvalue weighted by Crippen LogP contribution is 2.18. The van der Waals surface area contributed by atoms with Crippen LogP contribution in [0.1, 0.15) is 35.9 Å². The van der Waals surface area contributed by atoms with E-state index in [-0.39, 0.29) is 11.8 Å². The second-order valence-corrected chi connectivity index (χ2v) is 4.71. The van der Waals surface area contributed by atoms with Gasteiger partial charge in [0, 0.05) is 19.6 Å². The predicted molar refractivity (Wildman–Crippen MR) is 66.9 cm³/mol. The number of likely N-dealkylation sites (tertiary alicyclic amines) is 1. The number of carbonyl (C=O) groups is 1. The molecule has 96 valence electrons. The summed E-state index contributed by atoms with van der Waals surface area (Å²) < 4.78 is 1.73. The van der Waals surface area contributed by atoms with Crippen LogP contribution in [-0.4, -0.2) is 33.7 Å². The summed E-state index contributed by atoms with van der Waals surface area (Å²) in [6, 6.07) is 4.08. The van der Waals surface area contributed by atoms with E-state index in [0.717, 1.165) is 25.1 Å². The van der Waals surface area contributed by atoms with E-state index in [9.17, 15) is 4.79 Å². The van der Waals surface area contributed by atoms with E-state index >= 15 is 0 Å². The number of nitriles is 1. The third-order valence-corrected chi connectivity index (χ3v) is 3.31. The van der Waals surface area contributed by atoms with Gasteiger partial charge in [-0.05, 0) is 32.8 Å². The van der Waals surface area contributed by atoms with Crippen molar-refractivity contribution in [3.05, 3.63) is 17.5 Å². The highest BCUT2D eigenvalue weighted by atomic mass is 16.2. The van der Waals surface area contributed by atoms with E-state index < -0.39 is 0 Å². The number of carbonyl (C=O) groups excluding carboxylic acids is 1. The van der Waals surface area contributed by atoms with Gasteiger partial charge in [0.25, 0.3) is 5.91 Å². The molecule has 1 aliphatic rings. The van der Waals surface area contributed by atoms with Gasteiger partial charge in [-0.25, -0.2) is 0 Å². The molecule has 1 saturated heterocycles. The van der Waals surface area contributed by atoms with Crippen LogP contribution in [0.5, 0.6) is 0 Å². The Morgan fingerprint density at radius 2 is 2.44 bits per heavy atom. The van der Waals surface area contributed by atoms with E-state index in [0.29, 0.717) is 18.8 Å². The summed E-state index contributed by atoms with van der Waals surface area (Å²) in [6.07, 6.45) is 1.80. The molecule has 0 aromatic carbocycles. The maximum Gasteiger partial charge on any atom is 0.272 e. The Labute approximate surface area is 107 Å². The van der Waals surface area contributed by atoms with Crippen molar-refractivity contribution in [2.75, 3.05) is 13.1 Å². The predicted octanol–water partition coefficient (Wildman–Crippen LogP) is 1.59. The molecule has 5 heteroatoms. The Morgan fingerprint density at radius 1 is 1.67 bits per heavy atom. The first-order chi connectivity index (χ1) is 8.65. The molecule has 5 nitrogen and oxygen atoms in total. The lowest BCUT2D eigenvalue weighted by atomic mass is 9.99. The monoisotopic (exact) mass is 246 g/mol. The molecule has 0 radical (unpaired) electrons. The number of hydrogen-bond donors (Lipinski definition) is 0. The summed E-state index contributed by atoms with van der Waals surface area (Å²) in [5, 5.41) is 13.2. The number of nitrogens with zero attached hydrogens (tertiary/aromatic N) is 4. The zero-order chi connectivity index (χ0) is 13.1. The number of hydrogen-bond acceptors (Lipinski definition) is 3. The molecule has 0 N–H and O–H groups in total. The number of rotatable bonds is 2. The van der Waals surface area contributed by atoms with E-state index in [1.165, 1.54) is 0 Å². The van der Waals surface area contributed by atoms with Crippen molar-refractivity contribution < 1.29 is 4.79 Å². The molecule has 18 heavy (non-hydrogen) atoms. The third-order valence-electron chi connectivity index (χ3n) is 3.31. The van der Waals surface area contributed by atoms with Crippen LogP contribution in [0.3, 0.4) is 0 Å². The molecule has 0 bridgehead atoms. The summed E-state index contributed by atoms with van der Waals surface area (Å²) in [4.78, 5) is 14.2. The normalized spacial score (nSPS) is 19.6. The Morgan fingerprint density at radius 3 is 3.11 bits per heavy atom. The quantitative estimate of drug-likeness (QED) is 0.796. The number of aromatic nitrogens is 2. The number of piperidine rings is 1. The second-order valence-electron chi connectivity index (χ2n) is 4.71. The van der Waals surface area contributed by atoms with Crippen molar-refractivity contribution >= 4 is 5.91 Å². The molecule has 1 unspecified atom stereocenters. The largest absolute Gasteiger partial charge is 0.336 e. The first-order valence-corrected chi connectivity index (χ1v) is 6.39. The second kappa shape index (κ2) is 5.21. The number of aryl methyl sites for hydroxylation is 2. The van der Waals surface area contributed by atoms with Crippen molar-refractivity contribution in [3.8, 4) is 6.07 Å². The van der Waals surface area contributed by atoms with Crippen LogP contribution in [0.15, 0.2) is 6.07 Å². The van der Waals surface area contributed by atoms with Crippen LogP contribution < -0.4 is 0 Å². The van der Waals surface area contributed by atoms with Gasteiger partial charge in [0.2, 0.25) is 0 Å². The zero-order valence-electron chi connectivity index (χ0n) is 10.9. The lowest BCUT2D eigenvalue weighted by Crippen LogP contribution is -2.40. The van der Waals surface area contributed by atoms with Crippen molar-refractivity contribution in [3.63, 3.8) is 0 Å². The smallest absolute Gasteiger partial charge is 0.272 e. The standard InChI is InChI=1S/C13H18N4O/c1-3-17-12(7-10(2)15-17)13(18)16-6-4-5-11(8-14)9-16/h7,11H,3-6,9H2,1-2H3. The highest BCUT2D eigenvalue weighted by molar-refractivity contribution is 5.92. The highest BCUT2D eigenvalue weighted by Gasteiger charge is 2.26. The molecule has 1 amide bonds. The summed E-state index contributed by atoms with van der Waals surface area (Å²) in [5.41, 5.74) is 1.49. The Balaban J connectivity index is 2.18. The molecule has 1 aromatic rings. The molecule has 1 aromatic heterocycles. The minimum absolute atomic E-state index is 0.00241. The minimum atomic E-state index is -0.0261. The zero-order valence-corrected chi connectivity index (χ0v) is 10.9. The number of amides is 1. The molecule has 1 aliphatic heterocycles. The van der Waals surface area contributed by atoms with Gasteiger partial charge in [-0.1, -0.05) is 0 Å². The summed E-state index contributed by atoms with van der Waals surface area (Å²) in [5.74, 6) is -0.0285. The van der Waals surface area contributed by atoms with Crippen LogP contribution in [-0.2, 0) is 6.54 Å². The first kappa shape index (κ1) is 12.6. The van der Waals surface area contributed by atoms with Gasteiger partial charge in [0.15, 0.2) is 0 Å². The Kier molecular flexibility index (Phi) is 3.66. The van der Waals surface area contributed by atoms with Crippen molar-refractivity contribution in [1.82, 2.24) is 14.7 Å². The molecule has 2 heterocycles. The fourth-order valence-electron chi connectivity index (χ4n) is 2.39. The molecular formula is C13H18N4O. The summed E-state index contributed by atoms with van der Waals surface area (Å²) >= 11 is 0. The molecule has 0 aliphatic carbocycles. The average Bonchev–Trinajstić information content (AvgIpc) is 2.79. The fraction of sp³-hybridized carbons (Fsp3) is 0.615. The third kappa shape index (κ3) is 2.37. The van der Waals surface area contributed by atoms with Crippen LogP contribution >= 0.6 is 0 Å². The van der Waals surface area contributed by atoms with Crippen LogP contribution in [0.25, 0.3) is 0 Å². The summed E-state index contributed by atoms with van der Waals surface area (Å²) in [6.45, 7) is 5.83. The Bertz CT molecular complexity index is 486. The summed E-state index contributed by atoms with van der Waals surface area (Å²) in [7, 11) is 0. The maximum absolute atomic E-state index is 12.4. The van der Waals surface area contributed by atoms with E-state index in [1.807, 2.05) is 19.9 Å².